The molecule has 0 aromatic heterocycles. The van der Waals surface area contributed by atoms with Crippen LogP contribution in [0.5, 0.6) is 5.75 Å². The minimum atomic E-state index is -0.416. The van der Waals surface area contributed by atoms with Crippen molar-refractivity contribution in [3.63, 3.8) is 0 Å². The van der Waals surface area contributed by atoms with Crippen LogP contribution in [0.25, 0.3) is 0 Å². The molecule has 0 unspecified atom stereocenters. The fraction of sp³-hybridized carbons (Fsp3) is 0.300. The van der Waals surface area contributed by atoms with Crippen LogP contribution in [0.3, 0.4) is 0 Å². The zero-order valence-corrected chi connectivity index (χ0v) is 16.8. The summed E-state index contributed by atoms with van der Waals surface area (Å²) in [6, 6.07) is 8.25. The lowest BCUT2D eigenvalue weighted by molar-refractivity contribution is 0.0526. The van der Waals surface area contributed by atoms with E-state index in [2.05, 4.69) is 9.89 Å². The van der Waals surface area contributed by atoms with Crippen LogP contribution < -0.4 is 4.90 Å². The maximum atomic E-state index is 12.1. The Balaban J connectivity index is 2.00. The standard InChI is InChI=1S/C20H20Cl2N2O4/c1-2-28-20(26)13-3-4-18(24-5-7-27-8-6-24)17(10-13)23-12-14-9-15(21)11-16(22)19(14)25/h3-4,9-12,25H,2,5-8H2,1H3. The normalized spacial score (nSPS) is 14.5. The number of aromatic hydroxyl groups is 1. The minimum Gasteiger partial charge on any atom is -0.506 e. The lowest BCUT2D eigenvalue weighted by atomic mass is 10.1. The maximum absolute atomic E-state index is 12.1. The Morgan fingerprint density at radius 1 is 1.29 bits per heavy atom. The zero-order chi connectivity index (χ0) is 20.1. The molecular weight excluding hydrogens is 403 g/mol. The highest BCUT2D eigenvalue weighted by atomic mass is 35.5. The topological polar surface area (TPSA) is 71.4 Å². The van der Waals surface area contributed by atoms with Crippen molar-refractivity contribution in [1.82, 2.24) is 0 Å². The Labute approximate surface area is 173 Å². The van der Waals surface area contributed by atoms with Crippen LogP contribution in [0.1, 0.15) is 22.8 Å². The summed E-state index contributed by atoms with van der Waals surface area (Å²) in [4.78, 5) is 18.8. The molecular formula is C20H20Cl2N2O4. The number of halogens is 2. The van der Waals surface area contributed by atoms with Gasteiger partial charge >= 0.3 is 5.97 Å². The van der Waals surface area contributed by atoms with Gasteiger partial charge in [-0.05, 0) is 37.3 Å². The Morgan fingerprint density at radius 2 is 2.04 bits per heavy atom. The molecule has 0 bridgehead atoms. The summed E-state index contributed by atoms with van der Waals surface area (Å²) in [6.07, 6.45) is 1.47. The van der Waals surface area contributed by atoms with Gasteiger partial charge in [-0.3, -0.25) is 4.99 Å². The van der Waals surface area contributed by atoms with Gasteiger partial charge in [0.2, 0.25) is 0 Å². The number of ether oxygens (including phenoxy) is 2. The molecule has 2 aromatic rings. The number of hydrogen-bond acceptors (Lipinski definition) is 6. The largest absolute Gasteiger partial charge is 0.506 e. The molecule has 1 heterocycles. The number of phenols is 1. The number of benzene rings is 2. The van der Waals surface area contributed by atoms with Gasteiger partial charge < -0.3 is 19.5 Å². The van der Waals surface area contributed by atoms with Crippen molar-refractivity contribution in [2.24, 2.45) is 4.99 Å². The highest BCUT2D eigenvalue weighted by Crippen LogP contribution is 2.33. The molecule has 1 fully saturated rings. The molecule has 1 N–H and O–H groups in total. The summed E-state index contributed by atoms with van der Waals surface area (Å²) in [7, 11) is 0. The third-order valence-corrected chi connectivity index (χ3v) is 4.75. The van der Waals surface area contributed by atoms with E-state index in [1.165, 1.54) is 12.3 Å². The molecule has 0 aliphatic carbocycles. The van der Waals surface area contributed by atoms with E-state index in [0.29, 0.717) is 35.1 Å². The highest BCUT2D eigenvalue weighted by Gasteiger charge is 2.17. The van der Waals surface area contributed by atoms with E-state index in [-0.39, 0.29) is 17.4 Å². The third-order valence-electron chi connectivity index (χ3n) is 4.24. The van der Waals surface area contributed by atoms with Crippen molar-refractivity contribution in [2.75, 3.05) is 37.8 Å². The number of rotatable bonds is 5. The average Bonchev–Trinajstić information content (AvgIpc) is 2.70. The number of carbonyl (C=O) groups excluding carboxylic acids is 1. The van der Waals surface area contributed by atoms with Crippen LogP contribution in [0.4, 0.5) is 11.4 Å². The fourth-order valence-electron chi connectivity index (χ4n) is 2.86. The predicted molar refractivity (Wildman–Crippen MR) is 111 cm³/mol. The van der Waals surface area contributed by atoms with Gasteiger partial charge in [0, 0.05) is 29.9 Å². The molecule has 0 saturated carbocycles. The van der Waals surface area contributed by atoms with E-state index in [4.69, 9.17) is 32.7 Å². The first-order valence-corrected chi connectivity index (χ1v) is 9.61. The molecule has 6 nitrogen and oxygen atoms in total. The van der Waals surface area contributed by atoms with Crippen molar-refractivity contribution in [3.8, 4) is 5.75 Å². The minimum absolute atomic E-state index is 0.107. The van der Waals surface area contributed by atoms with Crippen molar-refractivity contribution in [2.45, 2.75) is 6.92 Å². The lowest BCUT2D eigenvalue weighted by Crippen LogP contribution is -2.36. The molecule has 3 rings (SSSR count). The van der Waals surface area contributed by atoms with E-state index >= 15 is 0 Å². The van der Waals surface area contributed by atoms with Crippen molar-refractivity contribution < 1.29 is 19.4 Å². The van der Waals surface area contributed by atoms with Gasteiger partial charge in [0.1, 0.15) is 5.75 Å². The van der Waals surface area contributed by atoms with Gasteiger partial charge in [-0.1, -0.05) is 23.2 Å². The summed E-state index contributed by atoms with van der Waals surface area (Å²) in [6.45, 7) is 4.72. The van der Waals surface area contributed by atoms with E-state index < -0.39 is 5.97 Å². The quantitative estimate of drug-likeness (QED) is 0.568. The molecule has 1 saturated heterocycles. The number of phenolic OH excluding ortho intramolecular Hbond substituents is 1. The molecule has 0 amide bonds. The van der Waals surface area contributed by atoms with E-state index in [1.54, 1.807) is 25.1 Å². The van der Waals surface area contributed by atoms with Crippen LogP contribution in [0.2, 0.25) is 10.0 Å². The van der Waals surface area contributed by atoms with E-state index in [9.17, 15) is 9.90 Å². The summed E-state index contributed by atoms with van der Waals surface area (Å²) in [5, 5.41) is 10.7. The fourth-order valence-corrected chi connectivity index (χ4v) is 3.37. The van der Waals surface area contributed by atoms with Crippen molar-refractivity contribution in [1.29, 1.82) is 0 Å². The van der Waals surface area contributed by atoms with Crippen LogP contribution in [-0.2, 0) is 9.47 Å². The second-order valence-corrected chi connectivity index (χ2v) is 6.95. The van der Waals surface area contributed by atoms with Gasteiger partial charge in [0.15, 0.2) is 0 Å². The first-order chi connectivity index (χ1) is 13.5. The second kappa shape index (κ2) is 9.28. The Bertz CT molecular complexity index is 896. The Kier molecular flexibility index (Phi) is 6.78. The van der Waals surface area contributed by atoms with Crippen LogP contribution in [0, 0.1) is 0 Å². The molecule has 28 heavy (non-hydrogen) atoms. The summed E-state index contributed by atoms with van der Waals surface area (Å²) < 4.78 is 10.5. The molecule has 0 atom stereocenters. The van der Waals surface area contributed by atoms with E-state index in [1.807, 2.05) is 6.07 Å². The number of aliphatic imine (C=N–C) groups is 1. The lowest BCUT2D eigenvalue weighted by Gasteiger charge is -2.29. The van der Waals surface area contributed by atoms with Gasteiger partial charge in [-0.15, -0.1) is 0 Å². The summed E-state index contributed by atoms with van der Waals surface area (Å²) in [5.74, 6) is -0.523. The average molecular weight is 423 g/mol. The second-order valence-electron chi connectivity index (χ2n) is 6.11. The number of nitrogens with zero attached hydrogens (tertiary/aromatic N) is 2. The number of anilines is 1. The summed E-state index contributed by atoms with van der Waals surface area (Å²) >= 11 is 12.0. The van der Waals surface area contributed by atoms with Gasteiger partial charge in [-0.25, -0.2) is 4.79 Å². The number of esters is 1. The third kappa shape index (κ3) is 4.76. The number of morpholine rings is 1. The first kappa shape index (κ1) is 20.5. The van der Waals surface area contributed by atoms with Crippen LogP contribution >= 0.6 is 23.2 Å². The molecule has 1 aliphatic heterocycles. The van der Waals surface area contributed by atoms with Gasteiger partial charge in [-0.2, -0.15) is 0 Å². The first-order valence-electron chi connectivity index (χ1n) is 8.85. The van der Waals surface area contributed by atoms with Crippen LogP contribution in [0.15, 0.2) is 35.3 Å². The summed E-state index contributed by atoms with van der Waals surface area (Å²) in [5.41, 5.74) is 2.22. The SMILES string of the molecule is CCOC(=O)c1ccc(N2CCOCC2)c(N=Cc2cc(Cl)cc(Cl)c2O)c1. The van der Waals surface area contributed by atoms with E-state index in [0.717, 1.165) is 18.8 Å². The number of hydrogen-bond donors (Lipinski definition) is 1. The Hall–Kier alpha value is -2.28. The Morgan fingerprint density at radius 3 is 2.75 bits per heavy atom. The maximum Gasteiger partial charge on any atom is 0.338 e. The molecule has 8 heteroatoms. The molecule has 1 aliphatic rings. The van der Waals surface area contributed by atoms with Gasteiger partial charge in [0.25, 0.3) is 0 Å². The highest BCUT2D eigenvalue weighted by molar-refractivity contribution is 6.36. The number of carbonyl (C=O) groups is 1. The monoisotopic (exact) mass is 422 g/mol. The smallest absolute Gasteiger partial charge is 0.338 e. The molecule has 0 radical (unpaired) electrons. The molecule has 148 valence electrons. The van der Waals surface area contributed by atoms with Gasteiger partial charge in [0.05, 0.1) is 41.8 Å². The van der Waals surface area contributed by atoms with Crippen molar-refractivity contribution >= 4 is 46.8 Å². The molecule has 2 aromatic carbocycles. The van der Waals surface area contributed by atoms with Crippen LogP contribution in [-0.4, -0.2) is 50.2 Å². The predicted octanol–water partition coefficient (Wildman–Crippen LogP) is 4.46. The van der Waals surface area contributed by atoms with Crippen molar-refractivity contribution in [3.05, 3.63) is 51.5 Å². The zero-order valence-electron chi connectivity index (χ0n) is 15.3. The molecule has 0 spiro atoms.